The van der Waals surface area contributed by atoms with Crippen LogP contribution < -0.4 is 0 Å². The molecule has 9 nitrogen and oxygen atoms in total. The number of hydrogen-bond acceptors (Lipinski definition) is 9. The summed E-state index contributed by atoms with van der Waals surface area (Å²) in [5.74, 6) is -0.0485. The lowest BCUT2D eigenvalue weighted by Gasteiger charge is -2.26. The minimum atomic E-state index is -0.811. The van der Waals surface area contributed by atoms with Crippen molar-refractivity contribution in [1.82, 2.24) is 0 Å². The number of Topliss-reactive ketones (excluding diaryl/α,β-unsaturated/α-hetero) is 1. The van der Waals surface area contributed by atoms with Crippen molar-refractivity contribution in [2.75, 3.05) is 49.8 Å². The standard InChI is InChI=1S/C32H62O9/c1-10-13-26(35-3)15-12-16-28(37-5)21-32(41-9)23-30(39-7)19-25(34)17-24(33)18-29(38-6)22-31(40-8)20-27(36-4)14-11-2/h11,24,26-33H,2,10,12-23H2,1,3-9H3/t24-,26-,27+,28-,29-,30+,31+,32-/m1/s1. The summed E-state index contributed by atoms with van der Waals surface area (Å²) in [5.41, 5.74) is 0. The van der Waals surface area contributed by atoms with E-state index in [4.69, 9.17) is 33.2 Å². The fraction of sp³-hybridized carbons (Fsp3) is 0.906. The number of carbonyl (C=O) groups excluding carboxylic acids is 1. The molecule has 0 spiro atoms. The SMILES string of the molecule is C=CC[C@@H](C[C@@H](C[C@@H](C[C@H](O)CC(=O)C[C@@H](C[C@@H](C[C@@H](CCC[C@@H](CCC)OC)OC)OC)OC)OC)OC)OC. The lowest BCUT2D eigenvalue weighted by atomic mass is 9.95. The maximum Gasteiger partial charge on any atom is 0.138 e. The average Bonchev–Trinajstić information content (AvgIpc) is 2.97. The van der Waals surface area contributed by atoms with Crippen LogP contribution >= 0.6 is 0 Å². The summed E-state index contributed by atoms with van der Waals surface area (Å²) < 4.78 is 39.4. The molecule has 0 fully saturated rings. The lowest BCUT2D eigenvalue weighted by Crippen LogP contribution is -2.31. The molecule has 0 aliphatic heterocycles. The molecule has 0 aromatic rings. The maximum absolute atomic E-state index is 12.9. The van der Waals surface area contributed by atoms with Crippen molar-refractivity contribution in [3.8, 4) is 0 Å². The van der Waals surface area contributed by atoms with E-state index in [2.05, 4.69) is 13.5 Å². The Morgan fingerprint density at radius 1 is 0.610 bits per heavy atom. The van der Waals surface area contributed by atoms with Gasteiger partial charge in [-0.2, -0.15) is 0 Å². The average molecular weight is 591 g/mol. The Bertz CT molecular complexity index is 632. The first-order chi connectivity index (χ1) is 19.7. The zero-order chi connectivity index (χ0) is 31.0. The Hall–Kier alpha value is -0.910. The van der Waals surface area contributed by atoms with Gasteiger partial charge in [-0.25, -0.2) is 0 Å². The van der Waals surface area contributed by atoms with Crippen molar-refractivity contribution in [3.05, 3.63) is 12.7 Å². The third-order valence-corrected chi connectivity index (χ3v) is 7.98. The summed E-state index contributed by atoms with van der Waals surface area (Å²) in [6.07, 6.45) is 9.71. The van der Waals surface area contributed by atoms with E-state index in [9.17, 15) is 9.90 Å². The van der Waals surface area contributed by atoms with E-state index in [1.807, 2.05) is 6.08 Å². The first-order valence-corrected chi connectivity index (χ1v) is 15.2. The molecule has 0 bridgehead atoms. The molecular formula is C32H62O9. The highest BCUT2D eigenvalue weighted by atomic mass is 16.5. The van der Waals surface area contributed by atoms with Gasteiger partial charge >= 0.3 is 0 Å². The van der Waals surface area contributed by atoms with Gasteiger partial charge in [0.15, 0.2) is 0 Å². The number of ether oxygens (including phenoxy) is 7. The van der Waals surface area contributed by atoms with Crippen LogP contribution in [0, 0.1) is 0 Å². The first kappa shape index (κ1) is 40.1. The van der Waals surface area contributed by atoms with Crippen LogP contribution in [0.3, 0.4) is 0 Å². The smallest absolute Gasteiger partial charge is 0.138 e. The molecule has 244 valence electrons. The topological polar surface area (TPSA) is 102 Å². The van der Waals surface area contributed by atoms with Gasteiger partial charge in [0, 0.05) is 81.9 Å². The molecule has 0 saturated carbocycles. The van der Waals surface area contributed by atoms with Crippen LogP contribution in [-0.4, -0.2) is 109 Å². The van der Waals surface area contributed by atoms with Crippen LogP contribution in [0.4, 0.5) is 0 Å². The number of ketones is 1. The Morgan fingerprint density at radius 2 is 1.05 bits per heavy atom. The second kappa shape index (κ2) is 25.6. The first-order valence-electron chi connectivity index (χ1n) is 15.2. The van der Waals surface area contributed by atoms with Crippen molar-refractivity contribution in [2.45, 2.75) is 139 Å². The molecule has 0 saturated heterocycles. The number of methoxy groups -OCH3 is 7. The van der Waals surface area contributed by atoms with Crippen LogP contribution in [0.5, 0.6) is 0 Å². The highest BCUT2D eigenvalue weighted by molar-refractivity contribution is 5.79. The Kier molecular flexibility index (Phi) is 25.0. The molecule has 0 radical (unpaired) electrons. The second-order valence-corrected chi connectivity index (χ2v) is 11.0. The van der Waals surface area contributed by atoms with Gasteiger partial charge in [-0.3, -0.25) is 4.79 Å². The molecular weight excluding hydrogens is 528 g/mol. The van der Waals surface area contributed by atoms with Crippen LogP contribution in [0.2, 0.25) is 0 Å². The highest BCUT2D eigenvalue weighted by Crippen LogP contribution is 2.22. The molecule has 0 aliphatic carbocycles. The molecule has 0 aromatic heterocycles. The van der Waals surface area contributed by atoms with E-state index >= 15 is 0 Å². The van der Waals surface area contributed by atoms with E-state index in [1.54, 1.807) is 49.8 Å². The second-order valence-electron chi connectivity index (χ2n) is 11.0. The molecule has 0 aliphatic rings. The van der Waals surface area contributed by atoms with E-state index in [1.165, 1.54) is 0 Å². The lowest BCUT2D eigenvalue weighted by molar-refractivity contribution is -0.124. The molecule has 0 amide bonds. The van der Waals surface area contributed by atoms with E-state index < -0.39 is 6.10 Å². The van der Waals surface area contributed by atoms with Gasteiger partial charge in [-0.05, 0) is 44.9 Å². The number of rotatable bonds is 29. The van der Waals surface area contributed by atoms with Crippen molar-refractivity contribution in [1.29, 1.82) is 0 Å². The summed E-state index contributed by atoms with van der Waals surface area (Å²) in [5, 5.41) is 10.7. The Balaban J connectivity index is 4.77. The molecule has 0 unspecified atom stereocenters. The van der Waals surface area contributed by atoms with Crippen molar-refractivity contribution >= 4 is 5.78 Å². The zero-order valence-corrected chi connectivity index (χ0v) is 27.3. The van der Waals surface area contributed by atoms with Gasteiger partial charge in [0.1, 0.15) is 5.78 Å². The third-order valence-electron chi connectivity index (χ3n) is 7.98. The fourth-order valence-corrected chi connectivity index (χ4v) is 5.37. The van der Waals surface area contributed by atoms with Crippen molar-refractivity contribution < 1.29 is 43.1 Å². The number of aliphatic hydroxyl groups is 1. The van der Waals surface area contributed by atoms with E-state index in [0.29, 0.717) is 31.8 Å². The van der Waals surface area contributed by atoms with Crippen LogP contribution in [0.15, 0.2) is 12.7 Å². The molecule has 0 aromatic carbocycles. The number of carbonyl (C=O) groups is 1. The quantitative estimate of drug-likeness (QED) is 0.116. The summed E-state index contributed by atoms with van der Waals surface area (Å²) in [4.78, 5) is 12.9. The highest BCUT2D eigenvalue weighted by Gasteiger charge is 2.26. The van der Waals surface area contributed by atoms with Gasteiger partial charge < -0.3 is 38.3 Å². The van der Waals surface area contributed by atoms with E-state index in [0.717, 1.165) is 44.9 Å². The molecule has 0 heterocycles. The van der Waals surface area contributed by atoms with Crippen LogP contribution in [0.1, 0.15) is 90.4 Å². The Morgan fingerprint density at radius 3 is 1.54 bits per heavy atom. The summed E-state index contributed by atoms with van der Waals surface area (Å²) in [7, 11) is 11.8. The molecule has 41 heavy (non-hydrogen) atoms. The van der Waals surface area contributed by atoms with Gasteiger partial charge in [0.2, 0.25) is 0 Å². The van der Waals surface area contributed by atoms with Gasteiger partial charge in [-0.1, -0.05) is 19.4 Å². The van der Waals surface area contributed by atoms with Crippen LogP contribution in [-0.2, 0) is 38.0 Å². The third kappa shape index (κ3) is 19.1. The molecule has 9 heteroatoms. The summed E-state index contributed by atoms with van der Waals surface area (Å²) in [6, 6.07) is 0. The van der Waals surface area contributed by atoms with E-state index in [-0.39, 0.29) is 55.2 Å². The van der Waals surface area contributed by atoms with Crippen molar-refractivity contribution in [3.63, 3.8) is 0 Å². The molecule has 8 atom stereocenters. The van der Waals surface area contributed by atoms with Gasteiger partial charge in [0.05, 0.1) is 48.8 Å². The predicted octanol–water partition coefficient (Wildman–Crippen LogP) is 5.30. The largest absolute Gasteiger partial charge is 0.393 e. The fourth-order valence-electron chi connectivity index (χ4n) is 5.37. The monoisotopic (exact) mass is 590 g/mol. The maximum atomic E-state index is 12.9. The van der Waals surface area contributed by atoms with Gasteiger partial charge in [0.25, 0.3) is 0 Å². The summed E-state index contributed by atoms with van der Waals surface area (Å²) >= 11 is 0. The Labute approximate surface area is 250 Å². The minimum Gasteiger partial charge on any atom is -0.393 e. The number of hydrogen-bond donors (Lipinski definition) is 1. The molecule has 0 rings (SSSR count). The summed E-state index contributed by atoms with van der Waals surface area (Å²) in [6.45, 7) is 5.95. The van der Waals surface area contributed by atoms with Crippen LogP contribution in [0.25, 0.3) is 0 Å². The van der Waals surface area contributed by atoms with Crippen molar-refractivity contribution in [2.24, 2.45) is 0 Å². The normalized spacial score (nSPS) is 17.8. The zero-order valence-electron chi connectivity index (χ0n) is 27.3. The number of aliphatic hydroxyl groups excluding tert-OH is 1. The minimum absolute atomic E-state index is 0.0105. The molecule has 1 N–H and O–H groups in total. The van der Waals surface area contributed by atoms with Gasteiger partial charge in [-0.15, -0.1) is 6.58 Å². The predicted molar refractivity (Wildman–Crippen MR) is 162 cm³/mol.